The molecule has 2 heterocycles. The quantitative estimate of drug-likeness (QED) is 0.384. The number of pyridine rings is 1. The van der Waals surface area contributed by atoms with E-state index in [9.17, 15) is 0 Å². The Bertz CT molecular complexity index is 653. The van der Waals surface area contributed by atoms with Gasteiger partial charge in [-0.1, -0.05) is 11.2 Å². The highest BCUT2D eigenvalue weighted by Gasteiger charge is 2.19. The fourth-order valence-electron chi connectivity index (χ4n) is 2.50. The van der Waals surface area contributed by atoms with E-state index in [1.165, 1.54) is 10.4 Å². The highest BCUT2D eigenvalue weighted by Crippen LogP contribution is 2.26. The summed E-state index contributed by atoms with van der Waals surface area (Å²) in [7, 11) is 0. The van der Waals surface area contributed by atoms with E-state index in [2.05, 4.69) is 16.2 Å². The number of amidine groups is 1. The molecule has 0 bridgehead atoms. The van der Waals surface area contributed by atoms with Crippen molar-refractivity contribution in [2.75, 3.05) is 6.61 Å². The van der Waals surface area contributed by atoms with Crippen LogP contribution in [0.3, 0.4) is 0 Å². The lowest BCUT2D eigenvalue weighted by Gasteiger charge is -2.11. The Morgan fingerprint density at radius 1 is 1.48 bits per heavy atom. The Hall–Kier alpha value is -2.08. The van der Waals surface area contributed by atoms with Gasteiger partial charge >= 0.3 is 0 Å². The zero-order chi connectivity index (χ0) is 14.7. The van der Waals surface area contributed by atoms with E-state index in [-0.39, 0.29) is 5.84 Å². The number of hydrogen-bond donors (Lipinski definition) is 2. The molecule has 0 saturated heterocycles. The second kappa shape index (κ2) is 6.13. The van der Waals surface area contributed by atoms with Gasteiger partial charge in [-0.15, -0.1) is 11.3 Å². The smallest absolute Gasteiger partial charge is 0.224 e. The maximum Gasteiger partial charge on any atom is 0.224 e. The molecule has 0 radical (unpaired) electrons. The van der Waals surface area contributed by atoms with Crippen molar-refractivity contribution in [3.05, 3.63) is 45.3 Å². The van der Waals surface area contributed by atoms with Crippen LogP contribution in [0.2, 0.25) is 0 Å². The van der Waals surface area contributed by atoms with Gasteiger partial charge in [0.15, 0.2) is 5.84 Å². The lowest BCUT2D eigenvalue weighted by atomic mass is 10.1. The zero-order valence-corrected chi connectivity index (χ0v) is 12.4. The van der Waals surface area contributed by atoms with Crippen molar-refractivity contribution < 1.29 is 9.94 Å². The van der Waals surface area contributed by atoms with Crippen LogP contribution >= 0.6 is 11.3 Å². The third-order valence-corrected chi connectivity index (χ3v) is 4.50. The number of nitrogens with two attached hydrogens (primary N) is 1. The molecule has 0 unspecified atom stereocenters. The van der Waals surface area contributed by atoms with Gasteiger partial charge in [0, 0.05) is 17.0 Å². The molecule has 3 N–H and O–H groups in total. The maximum atomic E-state index is 8.92. The molecule has 1 aliphatic carbocycles. The van der Waals surface area contributed by atoms with E-state index in [0.29, 0.717) is 18.1 Å². The SMILES string of the molecule is NC(=NO)c1cc2c(nc1OCCc1cccs1)CCC2. The predicted octanol–water partition coefficient (Wildman–Crippen LogP) is 2.35. The van der Waals surface area contributed by atoms with Crippen molar-refractivity contribution in [3.8, 4) is 5.88 Å². The standard InChI is InChI=1S/C15H17N3O2S/c16-14(18-19)12-9-10-3-1-5-13(10)17-15(12)20-7-6-11-4-2-8-21-11/h2,4,8-9,19H,1,3,5-7H2,(H2,16,18). The lowest BCUT2D eigenvalue weighted by molar-refractivity contribution is 0.305. The third kappa shape index (κ3) is 3.00. The summed E-state index contributed by atoms with van der Waals surface area (Å²) in [6.07, 6.45) is 3.87. The summed E-state index contributed by atoms with van der Waals surface area (Å²) in [5.74, 6) is 0.505. The molecule has 2 aromatic rings. The Kier molecular flexibility index (Phi) is 4.06. The summed E-state index contributed by atoms with van der Waals surface area (Å²) >= 11 is 1.70. The number of thiophene rings is 1. The van der Waals surface area contributed by atoms with Crippen molar-refractivity contribution in [1.29, 1.82) is 0 Å². The molecule has 0 aromatic carbocycles. The van der Waals surface area contributed by atoms with Gasteiger partial charge in [-0.3, -0.25) is 0 Å². The van der Waals surface area contributed by atoms with Crippen molar-refractivity contribution in [1.82, 2.24) is 4.98 Å². The minimum atomic E-state index is 0.0447. The number of ether oxygens (including phenoxy) is 1. The first kappa shape index (κ1) is 13.9. The van der Waals surface area contributed by atoms with E-state index in [0.717, 1.165) is 31.4 Å². The molecule has 0 spiro atoms. The number of hydrogen-bond acceptors (Lipinski definition) is 5. The van der Waals surface area contributed by atoms with Crippen LogP contribution in [0.5, 0.6) is 5.88 Å². The number of oxime groups is 1. The van der Waals surface area contributed by atoms with Gasteiger partial charge in [0.05, 0.1) is 12.2 Å². The van der Waals surface area contributed by atoms with Gasteiger partial charge in [0.25, 0.3) is 0 Å². The van der Waals surface area contributed by atoms with E-state index >= 15 is 0 Å². The molecule has 0 fully saturated rings. The molecule has 6 heteroatoms. The van der Waals surface area contributed by atoms with Gasteiger partial charge in [0.1, 0.15) is 0 Å². The summed E-state index contributed by atoms with van der Waals surface area (Å²) in [6, 6.07) is 6.04. The molecular weight excluding hydrogens is 286 g/mol. The molecule has 0 aliphatic heterocycles. The molecule has 110 valence electrons. The van der Waals surface area contributed by atoms with Crippen molar-refractivity contribution in [3.63, 3.8) is 0 Å². The molecule has 0 saturated carbocycles. The summed E-state index contributed by atoms with van der Waals surface area (Å²) in [5, 5.41) is 14.0. The number of rotatable bonds is 5. The topological polar surface area (TPSA) is 80.7 Å². The molecule has 0 atom stereocenters. The fourth-order valence-corrected chi connectivity index (χ4v) is 3.19. The van der Waals surface area contributed by atoms with E-state index in [1.54, 1.807) is 11.3 Å². The number of aromatic nitrogens is 1. The van der Waals surface area contributed by atoms with E-state index in [1.807, 2.05) is 17.5 Å². The highest BCUT2D eigenvalue weighted by molar-refractivity contribution is 7.09. The van der Waals surface area contributed by atoms with Crippen LogP contribution in [0, 0.1) is 0 Å². The van der Waals surface area contributed by atoms with Gasteiger partial charge in [-0.25, -0.2) is 4.98 Å². The largest absolute Gasteiger partial charge is 0.477 e. The van der Waals surface area contributed by atoms with Crippen LogP contribution in [0.4, 0.5) is 0 Å². The summed E-state index contributed by atoms with van der Waals surface area (Å²) < 4.78 is 5.78. The van der Waals surface area contributed by atoms with Gasteiger partial charge < -0.3 is 15.7 Å². The van der Waals surface area contributed by atoms with Gasteiger partial charge in [0.2, 0.25) is 5.88 Å². The third-order valence-electron chi connectivity index (χ3n) is 3.57. The fraction of sp³-hybridized carbons (Fsp3) is 0.333. The Morgan fingerprint density at radius 2 is 2.38 bits per heavy atom. The van der Waals surface area contributed by atoms with E-state index < -0.39 is 0 Å². The number of aryl methyl sites for hydroxylation is 2. The number of nitrogens with zero attached hydrogens (tertiary/aromatic N) is 2. The molecule has 3 rings (SSSR count). The Morgan fingerprint density at radius 3 is 3.14 bits per heavy atom. The molecule has 21 heavy (non-hydrogen) atoms. The minimum Gasteiger partial charge on any atom is -0.477 e. The molecule has 0 amide bonds. The summed E-state index contributed by atoms with van der Waals surface area (Å²) in [5.41, 5.74) is 8.55. The normalized spacial score (nSPS) is 14.2. The monoisotopic (exact) mass is 303 g/mol. The average molecular weight is 303 g/mol. The lowest BCUT2D eigenvalue weighted by Crippen LogP contribution is -2.17. The van der Waals surface area contributed by atoms with Crippen LogP contribution < -0.4 is 10.5 Å². The molecule has 5 nitrogen and oxygen atoms in total. The maximum absolute atomic E-state index is 8.92. The highest BCUT2D eigenvalue weighted by atomic mass is 32.1. The number of fused-ring (bicyclic) bond motifs is 1. The molecule has 1 aliphatic rings. The Balaban J connectivity index is 1.79. The second-order valence-corrected chi connectivity index (χ2v) is 6.00. The summed E-state index contributed by atoms with van der Waals surface area (Å²) in [4.78, 5) is 5.82. The van der Waals surface area contributed by atoms with E-state index in [4.69, 9.17) is 15.7 Å². The van der Waals surface area contributed by atoms with Crippen molar-refractivity contribution in [2.24, 2.45) is 10.9 Å². The zero-order valence-electron chi connectivity index (χ0n) is 11.6. The Labute approximate surface area is 127 Å². The van der Waals surface area contributed by atoms with Crippen LogP contribution in [0.1, 0.15) is 28.1 Å². The van der Waals surface area contributed by atoms with Crippen LogP contribution in [0.25, 0.3) is 0 Å². The summed E-state index contributed by atoms with van der Waals surface area (Å²) in [6.45, 7) is 0.526. The first-order chi connectivity index (χ1) is 10.3. The van der Waals surface area contributed by atoms with Crippen LogP contribution in [-0.2, 0) is 19.3 Å². The molecule has 2 aromatic heterocycles. The minimum absolute atomic E-state index is 0.0447. The van der Waals surface area contributed by atoms with Crippen LogP contribution in [-0.4, -0.2) is 22.6 Å². The predicted molar refractivity (Wildman–Crippen MR) is 82.3 cm³/mol. The van der Waals surface area contributed by atoms with Gasteiger partial charge in [-0.2, -0.15) is 0 Å². The van der Waals surface area contributed by atoms with Crippen molar-refractivity contribution in [2.45, 2.75) is 25.7 Å². The first-order valence-corrected chi connectivity index (χ1v) is 7.82. The first-order valence-electron chi connectivity index (χ1n) is 6.94. The van der Waals surface area contributed by atoms with Crippen molar-refractivity contribution >= 4 is 17.2 Å². The second-order valence-electron chi connectivity index (χ2n) is 4.96. The van der Waals surface area contributed by atoms with Crippen LogP contribution in [0.15, 0.2) is 28.7 Å². The molecular formula is C15H17N3O2S. The average Bonchev–Trinajstić information content (AvgIpc) is 3.16. The van der Waals surface area contributed by atoms with Gasteiger partial charge in [-0.05, 0) is 42.3 Å².